The normalized spacial score (nSPS) is 24.5. The van der Waals surface area contributed by atoms with Gasteiger partial charge in [-0.2, -0.15) is 0 Å². The average Bonchev–Trinajstić information content (AvgIpc) is 2.75. The van der Waals surface area contributed by atoms with Gasteiger partial charge in [0.15, 0.2) is 0 Å². The molecule has 5 nitrogen and oxygen atoms in total. The number of fused-ring (bicyclic) bond motifs is 2. The van der Waals surface area contributed by atoms with Crippen molar-refractivity contribution in [3.05, 3.63) is 29.3 Å². The van der Waals surface area contributed by atoms with Gasteiger partial charge in [-0.05, 0) is 43.4 Å². The molecule has 106 valence electrons. The lowest BCUT2D eigenvalue weighted by Gasteiger charge is -2.34. The molecule has 1 saturated heterocycles. The van der Waals surface area contributed by atoms with Crippen LogP contribution in [0.15, 0.2) is 18.5 Å². The summed E-state index contributed by atoms with van der Waals surface area (Å²) in [6, 6.07) is 0.327. The molecular formula is C14H16ClN3O2. The van der Waals surface area contributed by atoms with Gasteiger partial charge in [0.25, 0.3) is 0 Å². The van der Waals surface area contributed by atoms with Gasteiger partial charge in [0, 0.05) is 24.0 Å². The third kappa shape index (κ3) is 2.26. The van der Waals surface area contributed by atoms with Gasteiger partial charge < -0.3 is 4.74 Å². The molecule has 2 aliphatic rings. The topological polar surface area (TPSA) is 55.3 Å². The van der Waals surface area contributed by atoms with Crippen molar-refractivity contribution in [2.45, 2.75) is 38.3 Å². The second kappa shape index (κ2) is 5.40. The zero-order valence-corrected chi connectivity index (χ0v) is 12.0. The van der Waals surface area contributed by atoms with Gasteiger partial charge in [-0.15, -0.1) is 0 Å². The lowest BCUT2D eigenvalue weighted by atomic mass is 9.96. The van der Waals surface area contributed by atoms with Crippen LogP contribution in [-0.2, 0) is 4.74 Å². The van der Waals surface area contributed by atoms with E-state index in [0.717, 1.165) is 30.4 Å². The molecule has 1 fully saturated rings. The van der Waals surface area contributed by atoms with Crippen LogP contribution in [0.5, 0.6) is 0 Å². The minimum absolute atomic E-state index is 0.0672. The SMILES string of the molecule is CCOC(=O)N1[C@@H]2CC=C(c3cnc(Cl)nc3)[C@H]1CC2. The highest BCUT2D eigenvalue weighted by atomic mass is 35.5. The van der Waals surface area contributed by atoms with Gasteiger partial charge in [-0.3, -0.25) is 4.90 Å². The van der Waals surface area contributed by atoms with Crippen LogP contribution < -0.4 is 0 Å². The van der Waals surface area contributed by atoms with Crippen molar-refractivity contribution in [2.24, 2.45) is 0 Å². The van der Waals surface area contributed by atoms with E-state index < -0.39 is 0 Å². The minimum Gasteiger partial charge on any atom is -0.450 e. The Balaban J connectivity index is 1.88. The third-order valence-corrected chi connectivity index (χ3v) is 4.10. The summed E-state index contributed by atoms with van der Waals surface area (Å²) in [5.74, 6) is 0. The fourth-order valence-corrected chi connectivity index (χ4v) is 3.16. The fourth-order valence-electron chi connectivity index (χ4n) is 3.06. The molecule has 3 rings (SSSR count). The Morgan fingerprint density at radius 1 is 1.45 bits per heavy atom. The summed E-state index contributed by atoms with van der Waals surface area (Å²) < 4.78 is 5.17. The van der Waals surface area contributed by atoms with Crippen molar-refractivity contribution in [2.75, 3.05) is 6.61 Å². The molecule has 1 aromatic heterocycles. The molecule has 3 heterocycles. The van der Waals surface area contributed by atoms with Gasteiger partial charge in [0.1, 0.15) is 0 Å². The quantitative estimate of drug-likeness (QED) is 0.787. The summed E-state index contributed by atoms with van der Waals surface area (Å²) in [4.78, 5) is 22.0. The summed E-state index contributed by atoms with van der Waals surface area (Å²) in [5.41, 5.74) is 2.03. The van der Waals surface area contributed by atoms with Crippen LogP contribution in [0.2, 0.25) is 5.28 Å². The maximum atomic E-state index is 12.1. The molecule has 0 spiro atoms. The molecule has 2 atom stereocenters. The molecule has 0 aromatic carbocycles. The summed E-state index contributed by atoms with van der Waals surface area (Å²) in [5, 5.41) is 0.233. The highest BCUT2D eigenvalue weighted by molar-refractivity contribution is 6.28. The zero-order valence-electron chi connectivity index (χ0n) is 11.3. The first-order chi connectivity index (χ1) is 9.70. The molecule has 20 heavy (non-hydrogen) atoms. The first-order valence-corrected chi connectivity index (χ1v) is 7.21. The molecule has 1 amide bonds. The predicted octanol–water partition coefficient (Wildman–Crippen LogP) is 2.91. The van der Waals surface area contributed by atoms with E-state index in [2.05, 4.69) is 16.0 Å². The second-order valence-corrected chi connectivity index (χ2v) is 5.33. The zero-order chi connectivity index (χ0) is 14.1. The Kier molecular flexibility index (Phi) is 3.61. The number of carbonyl (C=O) groups is 1. The van der Waals surface area contributed by atoms with Crippen molar-refractivity contribution in [3.63, 3.8) is 0 Å². The third-order valence-electron chi connectivity index (χ3n) is 3.90. The molecule has 0 saturated carbocycles. The van der Waals surface area contributed by atoms with Crippen molar-refractivity contribution in [1.29, 1.82) is 0 Å². The van der Waals surface area contributed by atoms with Crippen LogP contribution >= 0.6 is 11.6 Å². The number of rotatable bonds is 2. The van der Waals surface area contributed by atoms with E-state index in [1.165, 1.54) is 0 Å². The summed E-state index contributed by atoms with van der Waals surface area (Å²) in [7, 11) is 0. The van der Waals surface area contributed by atoms with Crippen LogP contribution in [0.1, 0.15) is 31.7 Å². The monoisotopic (exact) mass is 293 g/mol. The number of nitrogens with zero attached hydrogens (tertiary/aromatic N) is 3. The lowest BCUT2D eigenvalue weighted by molar-refractivity contribution is 0.0940. The minimum atomic E-state index is -0.222. The first kappa shape index (κ1) is 13.4. The predicted molar refractivity (Wildman–Crippen MR) is 75.3 cm³/mol. The molecule has 0 N–H and O–H groups in total. The summed E-state index contributed by atoms with van der Waals surface area (Å²) >= 11 is 5.72. The maximum absolute atomic E-state index is 12.1. The van der Waals surface area contributed by atoms with E-state index in [-0.39, 0.29) is 23.5 Å². The molecule has 0 radical (unpaired) electrons. The van der Waals surface area contributed by atoms with Gasteiger partial charge in [-0.25, -0.2) is 14.8 Å². The number of amides is 1. The highest BCUT2D eigenvalue weighted by Crippen LogP contribution is 2.40. The highest BCUT2D eigenvalue weighted by Gasteiger charge is 2.42. The van der Waals surface area contributed by atoms with E-state index in [1.54, 1.807) is 12.4 Å². The Labute approximate surface area is 122 Å². The largest absolute Gasteiger partial charge is 0.450 e. The number of carbonyl (C=O) groups excluding carboxylic acids is 1. The smallest absolute Gasteiger partial charge is 0.410 e. The van der Waals surface area contributed by atoms with Crippen LogP contribution in [-0.4, -0.2) is 39.7 Å². The van der Waals surface area contributed by atoms with Crippen LogP contribution in [0.3, 0.4) is 0 Å². The first-order valence-electron chi connectivity index (χ1n) is 6.83. The van der Waals surface area contributed by atoms with E-state index in [9.17, 15) is 4.79 Å². The van der Waals surface area contributed by atoms with Crippen LogP contribution in [0, 0.1) is 0 Å². The Morgan fingerprint density at radius 3 is 2.90 bits per heavy atom. The van der Waals surface area contributed by atoms with E-state index >= 15 is 0 Å². The Bertz CT molecular complexity index is 544. The molecule has 0 aliphatic carbocycles. The molecule has 6 heteroatoms. The van der Waals surface area contributed by atoms with Crippen molar-refractivity contribution < 1.29 is 9.53 Å². The average molecular weight is 294 g/mol. The Morgan fingerprint density at radius 2 is 2.20 bits per heavy atom. The van der Waals surface area contributed by atoms with Gasteiger partial charge >= 0.3 is 6.09 Å². The summed E-state index contributed by atoms with van der Waals surface area (Å²) in [6.45, 7) is 2.23. The van der Waals surface area contributed by atoms with Gasteiger partial charge in [0.2, 0.25) is 5.28 Å². The number of aromatic nitrogens is 2. The van der Waals surface area contributed by atoms with Gasteiger partial charge in [0.05, 0.1) is 12.6 Å². The number of hydrogen-bond donors (Lipinski definition) is 0. The van der Waals surface area contributed by atoms with E-state index in [1.807, 2.05) is 11.8 Å². The van der Waals surface area contributed by atoms with Crippen LogP contribution in [0.4, 0.5) is 4.79 Å². The fraction of sp³-hybridized carbons (Fsp3) is 0.500. The standard InChI is InChI=1S/C14H16ClN3O2/c1-2-20-14(19)18-10-3-5-11(12(18)6-4-10)9-7-16-13(15)17-8-9/h5,7-8,10,12H,2-4,6H2,1H3/t10-,12-/m1/s1. The molecule has 0 unspecified atom stereocenters. The molecular weight excluding hydrogens is 278 g/mol. The number of hydrogen-bond acceptors (Lipinski definition) is 4. The lowest BCUT2D eigenvalue weighted by Crippen LogP contribution is -2.44. The van der Waals surface area contributed by atoms with Crippen LogP contribution in [0.25, 0.3) is 5.57 Å². The van der Waals surface area contributed by atoms with E-state index in [4.69, 9.17) is 16.3 Å². The molecule has 1 aromatic rings. The maximum Gasteiger partial charge on any atom is 0.410 e. The number of ether oxygens (including phenoxy) is 1. The number of halogens is 1. The molecule has 2 aliphatic heterocycles. The van der Waals surface area contributed by atoms with E-state index in [0.29, 0.717) is 6.61 Å². The van der Waals surface area contributed by atoms with Crippen molar-refractivity contribution >= 4 is 23.3 Å². The Hall–Kier alpha value is -1.62. The van der Waals surface area contributed by atoms with Crippen molar-refractivity contribution in [1.82, 2.24) is 14.9 Å². The summed E-state index contributed by atoms with van der Waals surface area (Å²) in [6.07, 6.45) is 8.21. The molecule has 2 bridgehead atoms. The second-order valence-electron chi connectivity index (χ2n) is 4.99. The van der Waals surface area contributed by atoms with Gasteiger partial charge in [-0.1, -0.05) is 6.08 Å². The van der Waals surface area contributed by atoms with Crippen molar-refractivity contribution in [3.8, 4) is 0 Å².